The van der Waals surface area contributed by atoms with Crippen LogP contribution in [0.5, 0.6) is 0 Å². The lowest BCUT2D eigenvalue weighted by atomic mass is 9.96. The fourth-order valence-electron chi connectivity index (χ4n) is 3.74. The van der Waals surface area contributed by atoms with Gasteiger partial charge in [-0.15, -0.1) is 0 Å². The second-order valence-corrected chi connectivity index (χ2v) is 6.88. The van der Waals surface area contributed by atoms with Gasteiger partial charge in [-0.05, 0) is 37.3 Å². The molecule has 0 spiro atoms. The lowest BCUT2D eigenvalue weighted by Crippen LogP contribution is -2.37. The molecule has 0 aliphatic carbocycles. The van der Waals surface area contributed by atoms with Crippen molar-refractivity contribution < 1.29 is 9.53 Å². The van der Waals surface area contributed by atoms with Crippen molar-refractivity contribution in [3.63, 3.8) is 0 Å². The fraction of sp³-hybridized carbons (Fsp3) is 0.684. The molecule has 2 aliphatic heterocycles. The number of aromatic nitrogens is 1. The Kier molecular flexibility index (Phi) is 6.07. The Morgan fingerprint density at radius 3 is 2.75 bits per heavy atom. The van der Waals surface area contributed by atoms with E-state index in [0.717, 1.165) is 64.0 Å². The predicted molar refractivity (Wildman–Crippen MR) is 95.4 cm³/mol. The van der Waals surface area contributed by atoms with Crippen LogP contribution in [0.4, 0.5) is 5.82 Å². The molecule has 1 amide bonds. The zero-order valence-electron chi connectivity index (χ0n) is 14.7. The number of carbonyl (C=O) groups excluding carboxylic acids is 1. The molecule has 0 saturated carbocycles. The van der Waals surface area contributed by atoms with Crippen molar-refractivity contribution in [1.29, 1.82) is 0 Å². The van der Waals surface area contributed by atoms with Gasteiger partial charge in [0.1, 0.15) is 5.82 Å². The van der Waals surface area contributed by atoms with Crippen molar-refractivity contribution in [2.45, 2.75) is 39.0 Å². The zero-order valence-corrected chi connectivity index (χ0v) is 14.7. The van der Waals surface area contributed by atoms with Crippen molar-refractivity contribution in [3.05, 3.63) is 23.9 Å². The van der Waals surface area contributed by atoms with Gasteiger partial charge in [0.15, 0.2) is 0 Å². The largest absolute Gasteiger partial charge is 0.378 e. The van der Waals surface area contributed by atoms with Crippen LogP contribution in [0, 0.1) is 5.92 Å². The summed E-state index contributed by atoms with van der Waals surface area (Å²) in [5.41, 5.74) is 0.709. The molecule has 1 aromatic rings. The highest BCUT2D eigenvalue weighted by Crippen LogP contribution is 2.23. The van der Waals surface area contributed by atoms with E-state index in [-0.39, 0.29) is 5.91 Å². The summed E-state index contributed by atoms with van der Waals surface area (Å²) in [7, 11) is 0. The highest BCUT2D eigenvalue weighted by molar-refractivity contribution is 5.94. The molecule has 132 valence electrons. The van der Waals surface area contributed by atoms with E-state index in [1.807, 2.05) is 17.0 Å². The number of nitrogens with zero attached hydrogens (tertiary/aromatic N) is 3. The first kappa shape index (κ1) is 17.2. The Morgan fingerprint density at radius 2 is 2.04 bits per heavy atom. The summed E-state index contributed by atoms with van der Waals surface area (Å²) in [5, 5.41) is 0. The summed E-state index contributed by atoms with van der Waals surface area (Å²) >= 11 is 0. The second kappa shape index (κ2) is 8.47. The minimum atomic E-state index is 0.133. The Labute approximate surface area is 145 Å². The Hall–Kier alpha value is -1.62. The van der Waals surface area contributed by atoms with Crippen molar-refractivity contribution in [1.82, 2.24) is 9.88 Å². The number of carbonyl (C=O) groups is 1. The van der Waals surface area contributed by atoms with Crippen LogP contribution >= 0.6 is 0 Å². The average Bonchev–Trinajstić information content (AvgIpc) is 2.88. The molecule has 2 fully saturated rings. The number of morpholine rings is 1. The minimum Gasteiger partial charge on any atom is -0.378 e. The van der Waals surface area contributed by atoms with Gasteiger partial charge in [-0.25, -0.2) is 4.98 Å². The maximum atomic E-state index is 12.8. The van der Waals surface area contributed by atoms with Gasteiger partial charge < -0.3 is 14.5 Å². The maximum Gasteiger partial charge on any atom is 0.255 e. The average molecular weight is 331 g/mol. The number of amides is 1. The summed E-state index contributed by atoms with van der Waals surface area (Å²) in [4.78, 5) is 21.5. The second-order valence-electron chi connectivity index (χ2n) is 6.88. The normalized spacial score (nSPS) is 22.3. The molecular weight excluding hydrogens is 302 g/mol. The molecule has 3 rings (SSSR count). The summed E-state index contributed by atoms with van der Waals surface area (Å²) in [6, 6.07) is 3.89. The number of hydrogen-bond acceptors (Lipinski definition) is 4. The van der Waals surface area contributed by atoms with Crippen LogP contribution in [0.25, 0.3) is 0 Å². The van der Waals surface area contributed by atoms with E-state index in [1.165, 1.54) is 19.3 Å². The molecule has 2 saturated heterocycles. The molecule has 5 heteroatoms. The molecule has 0 N–H and O–H groups in total. The maximum absolute atomic E-state index is 12.8. The van der Waals surface area contributed by atoms with Crippen LogP contribution < -0.4 is 4.90 Å². The number of anilines is 1. The first-order chi connectivity index (χ1) is 11.8. The summed E-state index contributed by atoms with van der Waals surface area (Å²) in [6.45, 7) is 7.23. The van der Waals surface area contributed by atoms with Gasteiger partial charge in [0, 0.05) is 32.4 Å². The summed E-state index contributed by atoms with van der Waals surface area (Å²) < 4.78 is 5.37. The number of hydrogen-bond donors (Lipinski definition) is 0. The molecular formula is C19H29N3O2. The standard InChI is InChI=1S/C19H29N3O2/c1-2-4-16-5-3-9-22(10-8-16)19(23)17-6-7-18(20-15-17)21-11-13-24-14-12-21/h6-7,15-16H,2-5,8-14H2,1H3. The van der Waals surface area contributed by atoms with E-state index in [0.29, 0.717) is 5.56 Å². The van der Waals surface area contributed by atoms with E-state index < -0.39 is 0 Å². The Morgan fingerprint density at radius 1 is 1.21 bits per heavy atom. The van der Waals surface area contributed by atoms with Gasteiger partial charge in [-0.3, -0.25) is 4.79 Å². The molecule has 1 unspecified atom stereocenters. The van der Waals surface area contributed by atoms with Gasteiger partial charge in [-0.1, -0.05) is 19.8 Å². The zero-order chi connectivity index (χ0) is 16.8. The van der Waals surface area contributed by atoms with Gasteiger partial charge in [0.05, 0.1) is 18.8 Å². The van der Waals surface area contributed by atoms with Crippen LogP contribution in [-0.4, -0.2) is 55.2 Å². The van der Waals surface area contributed by atoms with Gasteiger partial charge in [-0.2, -0.15) is 0 Å². The summed E-state index contributed by atoms with van der Waals surface area (Å²) in [6.07, 6.45) is 7.78. The molecule has 24 heavy (non-hydrogen) atoms. The third-order valence-corrected chi connectivity index (χ3v) is 5.16. The molecule has 1 atom stereocenters. The number of ether oxygens (including phenoxy) is 1. The Balaban J connectivity index is 1.60. The smallest absolute Gasteiger partial charge is 0.255 e. The molecule has 2 aliphatic rings. The first-order valence-corrected chi connectivity index (χ1v) is 9.36. The van der Waals surface area contributed by atoms with Crippen molar-refractivity contribution in [2.75, 3.05) is 44.3 Å². The number of rotatable bonds is 4. The number of likely N-dealkylation sites (tertiary alicyclic amines) is 1. The lowest BCUT2D eigenvalue weighted by Gasteiger charge is -2.28. The van der Waals surface area contributed by atoms with Crippen LogP contribution in [0.2, 0.25) is 0 Å². The van der Waals surface area contributed by atoms with E-state index >= 15 is 0 Å². The predicted octanol–water partition coefficient (Wildman–Crippen LogP) is 2.96. The molecule has 3 heterocycles. The first-order valence-electron chi connectivity index (χ1n) is 9.36. The van der Waals surface area contributed by atoms with Gasteiger partial charge in [0.25, 0.3) is 5.91 Å². The van der Waals surface area contributed by atoms with Gasteiger partial charge >= 0.3 is 0 Å². The van der Waals surface area contributed by atoms with E-state index in [4.69, 9.17) is 4.74 Å². The molecule has 0 radical (unpaired) electrons. The molecule has 1 aromatic heterocycles. The van der Waals surface area contributed by atoms with Crippen LogP contribution in [0.3, 0.4) is 0 Å². The molecule has 0 bridgehead atoms. The topological polar surface area (TPSA) is 45.7 Å². The fourth-order valence-corrected chi connectivity index (χ4v) is 3.74. The Bertz CT molecular complexity index is 526. The molecule has 0 aromatic carbocycles. The lowest BCUT2D eigenvalue weighted by molar-refractivity contribution is 0.0759. The van der Waals surface area contributed by atoms with Crippen LogP contribution in [0.1, 0.15) is 49.4 Å². The van der Waals surface area contributed by atoms with E-state index in [1.54, 1.807) is 6.20 Å². The third-order valence-electron chi connectivity index (χ3n) is 5.16. The van der Waals surface area contributed by atoms with Gasteiger partial charge in [0.2, 0.25) is 0 Å². The highest BCUT2D eigenvalue weighted by atomic mass is 16.5. The van der Waals surface area contributed by atoms with Crippen molar-refractivity contribution in [3.8, 4) is 0 Å². The minimum absolute atomic E-state index is 0.133. The SMILES string of the molecule is CCCC1CCCN(C(=O)c2ccc(N3CCOCC3)nc2)CC1. The van der Waals surface area contributed by atoms with Crippen molar-refractivity contribution in [2.24, 2.45) is 5.92 Å². The highest BCUT2D eigenvalue weighted by Gasteiger charge is 2.22. The summed E-state index contributed by atoms with van der Waals surface area (Å²) in [5.74, 6) is 1.86. The van der Waals surface area contributed by atoms with E-state index in [2.05, 4.69) is 16.8 Å². The molecule has 5 nitrogen and oxygen atoms in total. The van der Waals surface area contributed by atoms with Crippen molar-refractivity contribution >= 4 is 11.7 Å². The third kappa shape index (κ3) is 4.26. The number of pyridine rings is 1. The van der Waals surface area contributed by atoms with Crippen LogP contribution in [0.15, 0.2) is 18.3 Å². The van der Waals surface area contributed by atoms with Crippen LogP contribution in [-0.2, 0) is 4.74 Å². The monoisotopic (exact) mass is 331 g/mol. The quantitative estimate of drug-likeness (QED) is 0.851. The van der Waals surface area contributed by atoms with E-state index in [9.17, 15) is 4.79 Å².